The van der Waals surface area contributed by atoms with Crippen LogP contribution in [0.3, 0.4) is 0 Å². The number of halogens is 3. The number of carbonyl (C=O) groups excluding carboxylic acids is 3. The van der Waals surface area contributed by atoms with E-state index in [1.807, 2.05) is 60.7 Å². The highest BCUT2D eigenvalue weighted by atomic mass is 35.6. The zero-order valence-electron chi connectivity index (χ0n) is 22.3. The summed E-state index contributed by atoms with van der Waals surface area (Å²) in [6, 6.07) is 18.2. The van der Waals surface area contributed by atoms with Crippen LogP contribution in [0.1, 0.15) is 30.9 Å². The number of nitrogens with one attached hydrogen (secondary N) is 1. The van der Waals surface area contributed by atoms with Crippen molar-refractivity contribution in [3.8, 4) is 0 Å². The number of ether oxygens (including phenoxy) is 6. The van der Waals surface area contributed by atoms with Gasteiger partial charge in [0.15, 0.2) is 12.2 Å². The molecule has 1 aliphatic rings. The quantitative estimate of drug-likeness (QED) is 0.153. The van der Waals surface area contributed by atoms with Gasteiger partial charge in [0.25, 0.3) is 3.79 Å². The third-order valence-corrected chi connectivity index (χ3v) is 6.45. The first kappa shape index (κ1) is 32.8. The number of hydrogen-bond acceptors (Lipinski definition) is 10. The highest BCUT2D eigenvalue weighted by molar-refractivity contribution is 6.76. The minimum Gasteiger partial charge on any atom is -0.467 e. The number of rotatable bonds is 12. The topological polar surface area (TPSA) is 130 Å². The lowest BCUT2D eigenvalue weighted by atomic mass is 9.97. The number of esters is 2. The van der Waals surface area contributed by atoms with E-state index in [1.54, 1.807) is 0 Å². The van der Waals surface area contributed by atoms with E-state index in [9.17, 15) is 14.4 Å². The van der Waals surface area contributed by atoms with Crippen molar-refractivity contribution in [2.45, 2.75) is 67.5 Å². The van der Waals surface area contributed by atoms with E-state index in [2.05, 4.69) is 0 Å². The van der Waals surface area contributed by atoms with Gasteiger partial charge in [-0.25, -0.2) is 4.79 Å². The maximum atomic E-state index is 12.9. The zero-order chi connectivity index (χ0) is 30.0. The monoisotopic (exact) mass is 629 g/mol. The van der Waals surface area contributed by atoms with Gasteiger partial charge in [0.2, 0.25) is 12.2 Å². The molecule has 0 unspecified atom stereocenters. The van der Waals surface area contributed by atoms with Crippen LogP contribution in [0.5, 0.6) is 0 Å². The number of benzene rings is 2. The lowest BCUT2D eigenvalue weighted by molar-refractivity contribution is -0.297. The predicted molar refractivity (Wildman–Crippen MR) is 150 cm³/mol. The number of ketones is 1. The van der Waals surface area contributed by atoms with Crippen LogP contribution in [0.4, 0.5) is 0 Å². The van der Waals surface area contributed by atoms with E-state index in [0.29, 0.717) is 0 Å². The second-order valence-electron chi connectivity index (χ2n) is 9.07. The summed E-state index contributed by atoms with van der Waals surface area (Å²) in [4.78, 5) is 37.2. The highest BCUT2D eigenvalue weighted by Crippen LogP contribution is 2.34. The second kappa shape index (κ2) is 15.5. The molecule has 1 saturated heterocycles. The van der Waals surface area contributed by atoms with Crippen LogP contribution < -0.4 is 0 Å². The summed E-state index contributed by atoms with van der Waals surface area (Å²) < 4.78 is 32.1. The van der Waals surface area contributed by atoms with Gasteiger partial charge in [-0.3, -0.25) is 10.2 Å². The molecule has 1 N–H and O–H groups in total. The molecule has 222 valence electrons. The van der Waals surface area contributed by atoms with Gasteiger partial charge in [-0.15, -0.1) is 0 Å². The molecule has 0 amide bonds. The van der Waals surface area contributed by atoms with Gasteiger partial charge in [0.05, 0.1) is 26.7 Å². The van der Waals surface area contributed by atoms with E-state index in [0.717, 1.165) is 18.2 Å². The first-order chi connectivity index (χ1) is 19.5. The van der Waals surface area contributed by atoms with E-state index in [4.69, 9.17) is 68.6 Å². The van der Waals surface area contributed by atoms with Crippen LogP contribution in [-0.4, -0.2) is 65.2 Å². The van der Waals surface area contributed by atoms with Crippen molar-refractivity contribution in [2.75, 3.05) is 7.11 Å². The Bertz CT molecular complexity index is 1180. The molecule has 3 rings (SSSR count). The fourth-order valence-electron chi connectivity index (χ4n) is 3.91. The molecule has 41 heavy (non-hydrogen) atoms. The highest BCUT2D eigenvalue weighted by Gasteiger charge is 2.54. The number of carbonyl (C=O) groups is 3. The molecule has 0 saturated carbocycles. The molecule has 0 bridgehead atoms. The van der Waals surface area contributed by atoms with Crippen LogP contribution in [0.15, 0.2) is 60.7 Å². The van der Waals surface area contributed by atoms with Gasteiger partial charge in [-0.1, -0.05) is 95.5 Å². The summed E-state index contributed by atoms with van der Waals surface area (Å²) in [5.74, 6) is -2.70. The molecule has 1 aliphatic heterocycles. The van der Waals surface area contributed by atoms with Crippen LogP contribution in [0.25, 0.3) is 0 Å². The fourth-order valence-corrected chi connectivity index (χ4v) is 4.05. The van der Waals surface area contributed by atoms with E-state index < -0.39 is 52.3 Å². The second-order valence-corrected chi connectivity index (χ2v) is 11.4. The van der Waals surface area contributed by atoms with Crippen LogP contribution in [0.2, 0.25) is 0 Å². The van der Waals surface area contributed by atoms with Crippen molar-refractivity contribution in [3.05, 3.63) is 71.8 Å². The number of alkyl halides is 3. The van der Waals surface area contributed by atoms with Crippen molar-refractivity contribution in [2.24, 2.45) is 0 Å². The van der Waals surface area contributed by atoms with E-state index >= 15 is 0 Å². The minimum absolute atomic E-state index is 0.0146. The molecule has 1 heterocycles. The Hall–Kier alpha value is -2.73. The zero-order valence-corrected chi connectivity index (χ0v) is 24.6. The minimum atomic E-state index is -2.30. The van der Waals surface area contributed by atoms with Gasteiger partial charge in [-0.2, -0.15) is 0 Å². The SMILES string of the molecule is COC(=O)[C@@H]1O[C@H](OC(=N)C(Cl)(Cl)Cl)[C@H](OC(=O)CCC(C)=O)[C@@H](OCc2ccccc2)[C@@H]1OCc1ccccc1. The summed E-state index contributed by atoms with van der Waals surface area (Å²) in [6.45, 7) is 1.39. The lowest BCUT2D eigenvalue weighted by Gasteiger charge is -2.44. The molecule has 1 fully saturated rings. The average molecular weight is 631 g/mol. The molecule has 5 atom stereocenters. The Morgan fingerprint density at radius 3 is 1.85 bits per heavy atom. The number of hydrogen-bond donors (Lipinski definition) is 1. The van der Waals surface area contributed by atoms with Crippen molar-refractivity contribution in [3.63, 3.8) is 0 Å². The standard InChI is InChI=1S/C28H30Cl3NO9/c1-17(33)13-14-20(34)39-24-22(38-16-19-11-7-4-8-12-19)21(37-15-18-9-5-3-6-10-18)23(25(35)36-2)40-26(24)41-27(32)28(29,30)31/h3-12,21-24,26,32H,13-16H2,1-2H3/t21-,22-,23+,24+,26+/m0/s1. The maximum absolute atomic E-state index is 12.9. The van der Waals surface area contributed by atoms with Gasteiger partial charge in [0.1, 0.15) is 18.0 Å². The first-order valence-electron chi connectivity index (χ1n) is 12.5. The van der Waals surface area contributed by atoms with E-state index in [-0.39, 0.29) is 31.8 Å². The molecule has 0 spiro atoms. The van der Waals surface area contributed by atoms with Gasteiger partial charge in [0, 0.05) is 6.42 Å². The average Bonchev–Trinajstić information content (AvgIpc) is 2.95. The van der Waals surface area contributed by atoms with Crippen molar-refractivity contribution in [1.82, 2.24) is 0 Å². The molecule has 2 aromatic rings. The van der Waals surface area contributed by atoms with Crippen LogP contribution in [-0.2, 0) is 56.0 Å². The van der Waals surface area contributed by atoms with E-state index in [1.165, 1.54) is 6.92 Å². The third kappa shape index (κ3) is 9.95. The molecular weight excluding hydrogens is 601 g/mol. The van der Waals surface area contributed by atoms with Crippen LogP contribution >= 0.6 is 34.8 Å². The van der Waals surface area contributed by atoms with Crippen molar-refractivity contribution in [1.29, 1.82) is 5.41 Å². The van der Waals surface area contributed by atoms with Gasteiger partial charge >= 0.3 is 11.9 Å². The van der Waals surface area contributed by atoms with Crippen LogP contribution in [0, 0.1) is 5.41 Å². The molecule has 0 radical (unpaired) electrons. The summed E-state index contributed by atoms with van der Waals surface area (Å²) in [6.07, 6.45) is -7.24. The number of methoxy groups -OCH3 is 1. The Labute approximate surface area is 252 Å². The summed E-state index contributed by atoms with van der Waals surface area (Å²) in [5.41, 5.74) is 1.55. The molecule has 2 aromatic carbocycles. The molecular formula is C28H30Cl3NO9. The number of Topliss-reactive ketones (excluding diaryl/α,β-unsaturated/α-hetero) is 1. The Morgan fingerprint density at radius 2 is 1.37 bits per heavy atom. The summed E-state index contributed by atoms with van der Waals surface area (Å²) in [5, 5.41) is 8.08. The van der Waals surface area contributed by atoms with Gasteiger partial charge < -0.3 is 33.2 Å². The van der Waals surface area contributed by atoms with Gasteiger partial charge in [-0.05, 0) is 18.1 Å². The largest absolute Gasteiger partial charge is 0.467 e. The first-order valence-corrected chi connectivity index (χ1v) is 13.7. The normalized spacial score (nSPS) is 22.4. The smallest absolute Gasteiger partial charge is 0.338 e. The Morgan fingerprint density at radius 1 is 0.829 bits per heavy atom. The molecule has 10 nitrogen and oxygen atoms in total. The Kier molecular flexibility index (Phi) is 12.4. The maximum Gasteiger partial charge on any atom is 0.338 e. The summed E-state index contributed by atoms with van der Waals surface area (Å²) >= 11 is 17.5. The third-order valence-electron chi connectivity index (χ3n) is 5.94. The fraction of sp³-hybridized carbons (Fsp3) is 0.429. The lowest BCUT2D eigenvalue weighted by Crippen LogP contribution is -2.63. The van der Waals surface area contributed by atoms with Crippen molar-refractivity contribution < 1.29 is 42.8 Å². The molecule has 13 heteroatoms. The van der Waals surface area contributed by atoms with Crippen molar-refractivity contribution >= 4 is 58.4 Å². The Balaban J connectivity index is 2.01. The molecule has 0 aromatic heterocycles. The molecule has 0 aliphatic carbocycles. The predicted octanol–water partition coefficient (Wildman–Crippen LogP) is 4.70. The summed E-state index contributed by atoms with van der Waals surface area (Å²) in [7, 11) is 1.16.